The number of carboxylic acids is 1. The Bertz CT molecular complexity index is 929. The van der Waals surface area contributed by atoms with Gasteiger partial charge in [0.2, 0.25) is 29.5 Å². The van der Waals surface area contributed by atoms with Gasteiger partial charge in [-0.1, -0.05) is 0 Å². The molecule has 208 valence electrons. The number of amides is 5. The second-order valence-electron chi connectivity index (χ2n) is 8.15. The van der Waals surface area contributed by atoms with Crippen LogP contribution in [-0.4, -0.2) is 99.6 Å². The minimum Gasteiger partial charge on any atom is -0.479 e. The topological polar surface area (TPSA) is 307 Å². The van der Waals surface area contributed by atoms with E-state index in [1.165, 1.54) is 6.92 Å². The van der Waals surface area contributed by atoms with Crippen LogP contribution in [0.3, 0.4) is 0 Å². The molecule has 17 nitrogen and oxygen atoms in total. The number of nitrogens with zero attached hydrogens (tertiary/aromatic N) is 1. The van der Waals surface area contributed by atoms with Crippen LogP contribution in [0.25, 0.3) is 0 Å². The number of nitrogens with two attached hydrogens (primary N) is 4. The summed E-state index contributed by atoms with van der Waals surface area (Å²) in [6.07, 6.45) is -0.879. The van der Waals surface area contributed by atoms with Crippen LogP contribution in [0.15, 0.2) is 4.99 Å². The van der Waals surface area contributed by atoms with Gasteiger partial charge in [-0.2, -0.15) is 0 Å². The number of carboxylic acid groups (broad SMARTS) is 1. The van der Waals surface area contributed by atoms with Gasteiger partial charge in [-0.25, -0.2) is 4.79 Å². The smallest absolute Gasteiger partial charge is 0.340 e. The fourth-order valence-corrected chi connectivity index (χ4v) is 4.28. The molecule has 1 aliphatic rings. The van der Waals surface area contributed by atoms with Crippen molar-refractivity contribution in [2.24, 2.45) is 27.9 Å². The predicted octanol–water partition coefficient (Wildman–Crippen LogP) is -5.65. The molecule has 37 heavy (non-hydrogen) atoms. The molecule has 18 heteroatoms. The minimum absolute atomic E-state index is 0.00522. The molecule has 1 heterocycles. The Labute approximate surface area is 215 Å². The minimum atomic E-state index is -2.09. The molecule has 3 unspecified atom stereocenters. The van der Waals surface area contributed by atoms with Gasteiger partial charge in [-0.15, -0.1) is 11.8 Å². The summed E-state index contributed by atoms with van der Waals surface area (Å²) in [5.74, 6) is -6.90. The summed E-state index contributed by atoms with van der Waals surface area (Å²) >= 11 is 0.595. The first kappa shape index (κ1) is 31.4. The average Bonchev–Trinajstić information content (AvgIpc) is 2.81. The van der Waals surface area contributed by atoms with Crippen molar-refractivity contribution in [1.82, 2.24) is 21.3 Å². The van der Waals surface area contributed by atoms with E-state index in [0.717, 1.165) is 0 Å². The largest absolute Gasteiger partial charge is 0.479 e. The summed E-state index contributed by atoms with van der Waals surface area (Å²) in [6, 6.07) is -5.75. The Hall–Kier alpha value is -3.64. The molecule has 1 saturated heterocycles. The van der Waals surface area contributed by atoms with Crippen molar-refractivity contribution in [2.75, 3.05) is 18.9 Å². The number of guanidine groups is 1. The maximum atomic E-state index is 13.1. The summed E-state index contributed by atoms with van der Waals surface area (Å²) in [4.78, 5) is 76.3. The number of nitrogens with one attached hydrogen (secondary N) is 4. The SMILES string of the molecule is CC1NC(=O)C(CO)NC(=O)[C@@H](N)CS[C@](CCCN=C(N)N)(C(=O)O)NC(=O)C(CC(N)=O)NC1=O. The van der Waals surface area contributed by atoms with E-state index in [0.29, 0.717) is 11.8 Å². The van der Waals surface area contributed by atoms with Gasteiger partial charge in [-0.3, -0.25) is 29.0 Å². The van der Waals surface area contributed by atoms with Crippen LogP contribution in [0.4, 0.5) is 0 Å². The van der Waals surface area contributed by atoms with Gasteiger partial charge in [0, 0.05) is 12.3 Å². The molecular weight excluding hydrogens is 514 g/mol. The number of hydrogen-bond donors (Lipinski definition) is 10. The predicted molar refractivity (Wildman–Crippen MR) is 131 cm³/mol. The van der Waals surface area contributed by atoms with Crippen molar-refractivity contribution in [3.05, 3.63) is 0 Å². The normalized spacial score (nSPS) is 27.9. The summed E-state index contributed by atoms with van der Waals surface area (Å²) in [5.41, 5.74) is 21.6. The van der Waals surface area contributed by atoms with Crippen molar-refractivity contribution in [1.29, 1.82) is 0 Å². The highest BCUT2D eigenvalue weighted by molar-refractivity contribution is 8.01. The Morgan fingerprint density at radius 3 is 2.19 bits per heavy atom. The molecule has 0 spiro atoms. The van der Waals surface area contributed by atoms with Gasteiger partial charge in [0.15, 0.2) is 10.8 Å². The van der Waals surface area contributed by atoms with Crippen LogP contribution in [0.1, 0.15) is 26.2 Å². The lowest BCUT2D eigenvalue weighted by molar-refractivity contribution is -0.144. The van der Waals surface area contributed by atoms with Crippen LogP contribution >= 0.6 is 11.8 Å². The lowest BCUT2D eigenvalue weighted by Crippen LogP contribution is -2.60. The molecule has 0 aromatic heterocycles. The lowest BCUT2D eigenvalue weighted by atomic mass is 10.1. The summed E-state index contributed by atoms with van der Waals surface area (Å²) < 4.78 is 0. The number of thioether (sulfide) groups is 1. The molecular formula is C19H33N9O8S. The number of aliphatic hydroxyl groups is 1. The highest BCUT2D eigenvalue weighted by Gasteiger charge is 2.43. The third-order valence-corrected chi connectivity index (χ3v) is 6.60. The number of carbonyl (C=O) groups is 6. The monoisotopic (exact) mass is 547 g/mol. The maximum Gasteiger partial charge on any atom is 0.340 e. The van der Waals surface area contributed by atoms with E-state index < -0.39 is 77.6 Å². The third-order valence-electron chi connectivity index (χ3n) is 5.10. The Morgan fingerprint density at radius 1 is 1.03 bits per heavy atom. The van der Waals surface area contributed by atoms with E-state index in [1.54, 1.807) is 0 Å². The number of aliphatic carboxylic acids is 1. The van der Waals surface area contributed by atoms with Crippen LogP contribution in [0.5, 0.6) is 0 Å². The number of aliphatic imine (C=N–C) groups is 1. The summed E-state index contributed by atoms with van der Waals surface area (Å²) in [6.45, 7) is 0.416. The highest BCUT2D eigenvalue weighted by atomic mass is 32.2. The van der Waals surface area contributed by atoms with Crippen molar-refractivity contribution in [3.63, 3.8) is 0 Å². The van der Waals surface area contributed by atoms with E-state index in [9.17, 15) is 39.0 Å². The molecule has 0 saturated carbocycles. The molecule has 0 bridgehead atoms. The van der Waals surface area contributed by atoms with Crippen molar-refractivity contribution < 1.29 is 39.0 Å². The quantitative estimate of drug-likeness (QED) is 0.0772. The van der Waals surface area contributed by atoms with E-state index >= 15 is 0 Å². The molecule has 1 fully saturated rings. The molecule has 0 aliphatic carbocycles. The Balaban J connectivity index is 3.45. The number of primary amides is 1. The van der Waals surface area contributed by atoms with Gasteiger partial charge >= 0.3 is 5.97 Å². The lowest BCUT2D eigenvalue weighted by Gasteiger charge is -2.32. The molecule has 1 rings (SSSR count). The summed E-state index contributed by atoms with van der Waals surface area (Å²) in [7, 11) is 0. The Morgan fingerprint density at radius 2 is 1.65 bits per heavy atom. The van der Waals surface area contributed by atoms with Gasteiger partial charge in [0.25, 0.3) is 0 Å². The molecule has 14 N–H and O–H groups in total. The average molecular weight is 548 g/mol. The van der Waals surface area contributed by atoms with Gasteiger partial charge in [0.1, 0.15) is 18.1 Å². The van der Waals surface area contributed by atoms with E-state index in [-0.39, 0.29) is 31.1 Å². The summed E-state index contributed by atoms with van der Waals surface area (Å²) in [5, 5.41) is 28.6. The molecule has 1 aliphatic heterocycles. The first-order valence-electron chi connectivity index (χ1n) is 11.0. The molecule has 5 amide bonds. The fourth-order valence-electron chi connectivity index (χ4n) is 3.08. The van der Waals surface area contributed by atoms with Crippen LogP contribution in [-0.2, 0) is 28.8 Å². The molecule has 0 aromatic rings. The molecule has 5 atom stereocenters. The third kappa shape index (κ3) is 9.73. The van der Waals surface area contributed by atoms with Crippen molar-refractivity contribution in [2.45, 2.75) is 55.2 Å². The number of rotatable bonds is 8. The number of aliphatic hydroxyl groups excluding tert-OH is 1. The number of carbonyl (C=O) groups excluding carboxylic acids is 5. The fraction of sp³-hybridized carbons (Fsp3) is 0.632. The Kier molecular flexibility index (Phi) is 12.0. The van der Waals surface area contributed by atoms with Crippen LogP contribution in [0, 0.1) is 0 Å². The highest BCUT2D eigenvalue weighted by Crippen LogP contribution is 2.29. The van der Waals surface area contributed by atoms with E-state index in [4.69, 9.17) is 22.9 Å². The number of hydrogen-bond acceptors (Lipinski definition) is 10. The molecule has 0 radical (unpaired) electrons. The van der Waals surface area contributed by atoms with E-state index in [2.05, 4.69) is 26.3 Å². The van der Waals surface area contributed by atoms with Crippen molar-refractivity contribution in [3.8, 4) is 0 Å². The van der Waals surface area contributed by atoms with Crippen LogP contribution < -0.4 is 44.2 Å². The van der Waals surface area contributed by atoms with Gasteiger partial charge in [-0.05, 0) is 19.8 Å². The van der Waals surface area contributed by atoms with Gasteiger partial charge < -0.3 is 54.4 Å². The van der Waals surface area contributed by atoms with E-state index in [1.807, 2.05) is 0 Å². The zero-order valence-electron chi connectivity index (χ0n) is 20.1. The second kappa shape index (κ2) is 14.2. The zero-order chi connectivity index (χ0) is 28.3. The standard InChI is InChI=1S/C19H33N9O8S/c1-8-13(31)26-10(5-12(21)30)16(34)28-19(17(35)36,3-2-4-24-18(22)23)37-7-9(20)14(32)27-11(6-29)15(33)25-8/h8-11,29H,2-7,20H2,1H3,(H2,21,30)(H,25,33)(H,26,31)(H,27,32)(H,28,34)(H,35,36)(H4,22,23,24)/t8?,9-,10?,11?,19+/m0/s1. The first-order chi connectivity index (χ1) is 17.2. The molecule has 0 aromatic carbocycles. The van der Waals surface area contributed by atoms with Crippen molar-refractivity contribution >= 4 is 53.2 Å². The second-order valence-corrected chi connectivity index (χ2v) is 9.47. The van der Waals surface area contributed by atoms with Crippen LogP contribution in [0.2, 0.25) is 0 Å². The van der Waals surface area contributed by atoms with Gasteiger partial charge in [0.05, 0.1) is 19.1 Å². The first-order valence-corrected chi connectivity index (χ1v) is 12.0. The maximum absolute atomic E-state index is 13.1. The zero-order valence-corrected chi connectivity index (χ0v) is 20.9.